The highest BCUT2D eigenvalue weighted by Crippen LogP contribution is 1.86. The molecule has 0 aromatic heterocycles. The molecule has 0 radical (unpaired) electrons. The average Bonchev–Trinajstić information content (AvgIpc) is 2.16. The molecular weight excluding hydrogens is 204 g/mol. The van der Waals surface area contributed by atoms with E-state index in [1.54, 1.807) is 0 Å². The molecule has 2 amide bonds. The molecule has 0 aliphatic carbocycles. The summed E-state index contributed by atoms with van der Waals surface area (Å²) in [5.74, 6) is -1.20. The van der Waals surface area contributed by atoms with Gasteiger partial charge in [0.1, 0.15) is 0 Å². The third-order valence-electron chi connectivity index (χ3n) is 1.75. The largest absolute Gasteiger partial charge is 0.344 e. The van der Waals surface area contributed by atoms with Crippen LogP contribution in [0.4, 0.5) is 0 Å². The molecule has 4 nitrogen and oxygen atoms in total. The Kier molecular flexibility index (Phi) is 6.92. The Morgan fingerprint density at radius 3 is 1.38 bits per heavy atom. The molecule has 16 heavy (non-hydrogen) atoms. The minimum Gasteiger partial charge on any atom is -0.344 e. The molecule has 0 rings (SSSR count). The van der Waals surface area contributed by atoms with E-state index in [2.05, 4.69) is 10.6 Å². The Hall–Kier alpha value is -1.58. The minimum atomic E-state index is -0.598. The Balaban J connectivity index is 3.87. The number of rotatable bonds is 4. The van der Waals surface area contributed by atoms with Gasteiger partial charge < -0.3 is 10.6 Å². The van der Waals surface area contributed by atoms with Gasteiger partial charge in [-0.3, -0.25) is 9.59 Å². The third-order valence-corrected chi connectivity index (χ3v) is 1.75. The van der Waals surface area contributed by atoms with Gasteiger partial charge in [0.2, 0.25) is 0 Å². The molecule has 2 N–H and O–H groups in total. The molecule has 90 valence electrons. The van der Waals surface area contributed by atoms with Crippen LogP contribution in [0, 0.1) is 0 Å². The van der Waals surface area contributed by atoms with Gasteiger partial charge in [0, 0.05) is 13.1 Å². The van der Waals surface area contributed by atoms with Gasteiger partial charge in [0.15, 0.2) is 0 Å². The maximum Gasteiger partial charge on any atom is 0.309 e. The van der Waals surface area contributed by atoms with Crippen molar-refractivity contribution < 1.29 is 9.59 Å². The fourth-order valence-electron chi connectivity index (χ4n) is 0.856. The number of hydrogen-bond donors (Lipinski definition) is 2. The van der Waals surface area contributed by atoms with Crippen LogP contribution in [0.25, 0.3) is 0 Å². The van der Waals surface area contributed by atoms with Crippen molar-refractivity contribution in [3.8, 4) is 0 Å². The van der Waals surface area contributed by atoms with Crippen molar-refractivity contribution in [1.82, 2.24) is 10.6 Å². The van der Waals surface area contributed by atoms with Crippen molar-refractivity contribution in [2.24, 2.45) is 0 Å². The van der Waals surface area contributed by atoms with Crippen molar-refractivity contribution in [1.29, 1.82) is 0 Å². The first-order chi connectivity index (χ1) is 7.43. The summed E-state index contributed by atoms with van der Waals surface area (Å²) in [4.78, 5) is 22.5. The van der Waals surface area contributed by atoms with E-state index in [4.69, 9.17) is 0 Å². The topological polar surface area (TPSA) is 58.2 Å². The molecule has 0 aliphatic rings. The van der Waals surface area contributed by atoms with Gasteiger partial charge in [0.05, 0.1) is 0 Å². The van der Waals surface area contributed by atoms with E-state index in [9.17, 15) is 9.59 Å². The fraction of sp³-hybridized carbons (Fsp3) is 0.500. The molecule has 0 saturated heterocycles. The first-order valence-electron chi connectivity index (χ1n) is 5.26. The normalized spacial score (nSPS) is 9.00. The van der Waals surface area contributed by atoms with E-state index in [1.165, 1.54) is 0 Å². The third kappa shape index (κ3) is 7.79. The highest BCUT2D eigenvalue weighted by molar-refractivity contribution is 6.35. The molecule has 4 heteroatoms. The average molecular weight is 224 g/mol. The number of hydrogen-bond acceptors (Lipinski definition) is 2. The molecule has 0 heterocycles. The molecule has 0 aliphatic heterocycles. The van der Waals surface area contributed by atoms with Crippen LogP contribution in [0.15, 0.2) is 23.3 Å². The molecule has 0 spiro atoms. The van der Waals surface area contributed by atoms with Crippen LogP contribution in [-0.2, 0) is 9.59 Å². The molecule has 0 saturated carbocycles. The number of allylic oxidation sites excluding steroid dienone is 2. The summed E-state index contributed by atoms with van der Waals surface area (Å²) in [6.45, 7) is 8.50. The highest BCUT2D eigenvalue weighted by atomic mass is 16.2. The summed E-state index contributed by atoms with van der Waals surface area (Å²) in [7, 11) is 0. The first-order valence-corrected chi connectivity index (χ1v) is 5.26. The van der Waals surface area contributed by atoms with E-state index in [1.807, 2.05) is 39.8 Å². The summed E-state index contributed by atoms with van der Waals surface area (Å²) < 4.78 is 0. The molecule has 0 unspecified atom stereocenters. The lowest BCUT2D eigenvalue weighted by molar-refractivity contribution is -0.138. The molecular formula is C12H20N2O2. The summed E-state index contributed by atoms with van der Waals surface area (Å²) in [5, 5.41) is 5.01. The van der Waals surface area contributed by atoms with Gasteiger partial charge in [-0.1, -0.05) is 23.3 Å². The number of amides is 2. The number of carbonyl (C=O) groups is 2. The molecule has 0 bridgehead atoms. The van der Waals surface area contributed by atoms with Crippen molar-refractivity contribution in [3.05, 3.63) is 23.3 Å². The quantitative estimate of drug-likeness (QED) is 0.556. The molecule has 0 aromatic carbocycles. The van der Waals surface area contributed by atoms with Crippen LogP contribution in [0.2, 0.25) is 0 Å². The second-order valence-electron chi connectivity index (χ2n) is 3.98. The maximum atomic E-state index is 11.2. The number of nitrogens with one attached hydrogen (secondary N) is 2. The van der Waals surface area contributed by atoms with Crippen molar-refractivity contribution in [2.45, 2.75) is 27.7 Å². The summed E-state index contributed by atoms with van der Waals surface area (Å²) in [6.07, 6.45) is 3.70. The Labute approximate surface area is 96.8 Å². The minimum absolute atomic E-state index is 0.386. The monoisotopic (exact) mass is 224 g/mol. The van der Waals surface area contributed by atoms with Crippen LogP contribution in [-0.4, -0.2) is 24.9 Å². The van der Waals surface area contributed by atoms with E-state index in [0.717, 1.165) is 11.1 Å². The van der Waals surface area contributed by atoms with Gasteiger partial charge in [-0.15, -0.1) is 0 Å². The van der Waals surface area contributed by atoms with Gasteiger partial charge in [0.25, 0.3) is 0 Å². The smallest absolute Gasteiger partial charge is 0.309 e. The lowest BCUT2D eigenvalue weighted by atomic mass is 10.3. The van der Waals surface area contributed by atoms with Crippen molar-refractivity contribution >= 4 is 11.8 Å². The van der Waals surface area contributed by atoms with Crippen molar-refractivity contribution in [3.63, 3.8) is 0 Å². The highest BCUT2D eigenvalue weighted by Gasteiger charge is 2.10. The van der Waals surface area contributed by atoms with E-state index in [0.29, 0.717) is 13.1 Å². The maximum absolute atomic E-state index is 11.2. The van der Waals surface area contributed by atoms with Crippen LogP contribution < -0.4 is 10.6 Å². The Morgan fingerprint density at radius 2 is 1.12 bits per heavy atom. The predicted octanol–water partition coefficient (Wildman–Crippen LogP) is 1.15. The van der Waals surface area contributed by atoms with Crippen LogP contribution in [0.3, 0.4) is 0 Å². The zero-order chi connectivity index (χ0) is 12.6. The summed E-state index contributed by atoms with van der Waals surface area (Å²) in [5.41, 5.74) is 2.20. The Bertz CT molecular complexity index is 277. The van der Waals surface area contributed by atoms with E-state index in [-0.39, 0.29) is 0 Å². The van der Waals surface area contributed by atoms with Crippen LogP contribution >= 0.6 is 0 Å². The van der Waals surface area contributed by atoms with Gasteiger partial charge >= 0.3 is 11.8 Å². The van der Waals surface area contributed by atoms with Gasteiger partial charge in [-0.05, 0) is 27.7 Å². The zero-order valence-electron chi connectivity index (χ0n) is 10.4. The van der Waals surface area contributed by atoms with E-state index >= 15 is 0 Å². The lowest BCUT2D eigenvalue weighted by Gasteiger charge is -2.03. The van der Waals surface area contributed by atoms with E-state index < -0.39 is 11.8 Å². The zero-order valence-corrected chi connectivity index (χ0v) is 10.4. The van der Waals surface area contributed by atoms with Crippen molar-refractivity contribution in [2.75, 3.05) is 13.1 Å². The first kappa shape index (κ1) is 14.4. The predicted molar refractivity (Wildman–Crippen MR) is 64.9 cm³/mol. The molecule has 0 fully saturated rings. The van der Waals surface area contributed by atoms with Gasteiger partial charge in [-0.2, -0.15) is 0 Å². The fourth-order valence-corrected chi connectivity index (χ4v) is 0.856. The lowest BCUT2D eigenvalue weighted by Crippen LogP contribution is -2.40. The summed E-state index contributed by atoms with van der Waals surface area (Å²) in [6, 6.07) is 0. The summed E-state index contributed by atoms with van der Waals surface area (Å²) >= 11 is 0. The number of carbonyl (C=O) groups excluding carboxylic acids is 2. The Morgan fingerprint density at radius 1 is 0.812 bits per heavy atom. The SMILES string of the molecule is CC(C)=CCNC(=O)C(=O)NCC=C(C)C. The van der Waals surface area contributed by atoms with Crippen LogP contribution in [0.5, 0.6) is 0 Å². The second-order valence-corrected chi connectivity index (χ2v) is 3.98. The standard InChI is InChI=1S/C12H20N2O2/c1-9(2)5-7-13-11(15)12(16)14-8-6-10(3)4/h5-6H,7-8H2,1-4H3,(H,13,15)(H,14,16). The van der Waals surface area contributed by atoms with Gasteiger partial charge in [-0.25, -0.2) is 0 Å². The second kappa shape index (κ2) is 7.68. The van der Waals surface area contributed by atoms with Crippen LogP contribution in [0.1, 0.15) is 27.7 Å². The molecule has 0 atom stereocenters. The molecule has 0 aromatic rings.